The Labute approximate surface area is 112 Å². The minimum atomic E-state index is -0.932. The summed E-state index contributed by atoms with van der Waals surface area (Å²) in [6, 6.07) is 4.07. The fraction of sp³-hybridized carbons (Fsp3) is 0.538. The molecule has 2 N–H and O–H groups in total. The number of ether oxygens (including phenoxy) is 1. The van der Waals surface area contributed by atoms with Crippen LogP contribution in [0.5, 0.6) is 5.88 Å². The van der Waals surface area contributed by atoms with E-state index < -0.39 is 6.09 Å². The molecule has 0 spiro atoms. The number of carbonyl (C=O) groups is 1. The van der Waals surface area contributed by atoms with Crippen molar-refractivity contribution in [2.45, 2.75) is 32.9 Å². The lowest BCUT2D eigenvalue weighted by Gasteiger charge is -2.15. The van der Waals surface area contributed by atoms with E-state index in [-0.39, 0.29) is 0 Å². The van der Waals surface area contributed by atoms with Gasteiger partial charge in [0, 0.05) is 11.6 Å². The highest BCUT2D eigenvalue weighted by Crippen LogP contribution is 2.23. The van der Waals surface area contributed by atoms with Crippen molar-refractivity contribution in [3.63, 3.8) is 0 Å². The zero-order chi connectivity index (χ0) is 13.8. The fourth-order valence-corrected chi connectivity index (χ4v) is 1.85. The molecule has 1 aromatic rings. The highest BCUT2D eigenvalue weighted by atomic mass is 16.5. The number of rotatable bonds is 3. The monoisotopic (exact) mass is 265 g/mol. The summed E-state index contributed by atoms with van der Waals surface area (Å²) in [6.45, 7) is 5.20. The molecule has 104 valence electrons. The number of pyridine rings is 1. The van der Waals surface area contributed by atoms with Crippen LogP contribution in [0, 0.1) is 0 Å². The molecule has 1 aromatic heterocycles. The van der Waals surface area contributed by atoms with Crippen LogP contribution in [0.2, 0.25) is 0 Å². The highest BCUT2D eigenvalue weighted by molar-refractivity contribution is 5.65. The first-order valence-corrected chi connectivity index (χ1v) is 6.47. The van der Waals surface area contributed by atoms with Crippen molar-refractivity contribution < 1.29 is 14.6 Å². The van der Waals surface area contributed by atoms with Gasteiger partial charge >= 0.3 is 6.09 Å². The lowest BCUT2D eigenvalue weighted by Crippen LogP contribution is -2.30. The summed E-state index contributed by atoms with van der Waals surface area (Å²) in [5.41, 5.74) is 0.801. The van der Waals surface area contributed by atoms with Gasteiger partial charge in [-0.3, -0.25) is 0 Å². The van der Waals surface area contributed by atoms with E-state index >= 15 is 0 Å². The molecule has 2 rings (SSSR count). The number of fused-ring (bicyclic) bond motifs is 1. The first kappa shape index (κ1) is 13.5. The maximum atomic E-state index is 11.0. The Balaban J connectivity index is 2.17. The van der Waals surface area contributed by atoms with Gasteiger partial charge in [-0.2, -0.15) is 4.98 Å². The van der Waals surface area contributed by atoms with Gasteiger partial charge in [0.05, 0.1) is 13.1 Å². The van der Waals surface area contributed by atoms with Crippen LogP contribution in [0.15, 0.2) is 12.1 Å². The number of anilines is 1. The summed E-state index contributed by atoms with van der Waals surface area (Å²) in [7, 11) is 0. The van der Waals surface area contributed by atoms with Gasteiger partial charge in [-0.05, 0) is 25.5 Å². The van der Waals surface area contributed by atoms with Gasteiger partial charge in [-0.15, -0.1) is 0 Å². The number of carboxylic acid groups (broad SMARTS) is 1. The van der Waals surface area contributed by atoms with Crippen LogP contribution in [0.4, 0.5) is 10.6 Å². The third-order valence-corrected chi connectivity index (χ3v) is 3.18. The second-order valence-electron chi connectivity index (χ2n) is 4.67. The second kappa shape index (κ2) is 5.77. The van der Waals surface area contributed by atoms with Crippen LogP contribution in [0.3, 0.4) is 0 Å². The van der Waals surface area contributed by atoms with Crippen LogP contribution in [0.25, 0.3) is 0 Å². The molecule has 0 aromatic carbocycles. The quantitative estimate of drug-likeness (QED) is 0.876. The first-order valence-electron chi connectivity index (χ1n) is 6.47. The Morgan fingerprint density at radius 1 is 1.63 bits per heavy atom. The minimum absolute atomic E-state index is 0.321. The van der Waals surface area contributed by atoms with Crippen molar-refractivity contribution in [3.8, 4) is 5.88 Å². The molecule has 1 atom stereocenters. The van der Waals surface area contributed by atoms with Crippen LogP contribution >= 0.6 is 0 Å². The van der Waals surface area contributed by atoms with Crippen LogP contribution in [0.1, 0.15) is 25.8 Å². The number of nitrogens with one attached hydrogen (secondary N) is 1. The van der Waals surface area contributed by atoms with Gasteiger partial charge in [-0.25, -0.2) is 4.79 Å². The summed E-state index contributed by atoms with van der Waals surface area (Å²) in [6.07, 6.45) is 0.0742. The molecule has 0 saturated carbocycles. The molecule has 0 bridgehead atoms. The summed E-state index contributed by atoms with van der Waals surface area (Å²) >= 11 is 0. The maximum absolute atomic E-state index is 11.0. The largest absolute Gasteiger partial charge is 0.475 e. The van der Waals surface area contributed by atoms with Crippen molar-refractivity contribution in [2.24, 2.45) is 0 Å². The van der Waals surface area contributed by atoms with Crippen molar-refractivity contribution >= 4 is 11.9 Å². The van der Waals surface area contributed by atoms with Crippen molar-refractivity contribution in [3.05, 3.63) is 17.7 Å². The summed E-state index contributed by atoms with van der Waals surface area (Å²) in [5, 5.41) is 12.3. The van der Waals surface area contributed by atoms with Gasteiger partial charge in [-0.1, -0.05) is 6.92 Å². The van der Waals surface area contributed by atoms with Crippen LogP contribution < -0.4 is 10.1 Å². The van der Waals surface area contributed by atoms with Gasteiger partial charge in [0.2, 0.25) is 5.88 Å². The predicted octanol–water partition coefficient (Wildman–Crippen LogP) is 2.16. The van der Waals surface area contributed by atoms with Crippen molar-refractivity contribution in [1.29, 1.82) is 0 Å². The minimum Gasteiger partial charge on any atom is -0.475 e. The molecular formula is C13H19N3O3. The van der Waals surface area contributed by atoms with Crippen LogP contribution in [-0.2, 0) is 6.54 Å². The van der Waals surface area contributed by atoms with E-state index in [0.29, 0.717) is 31.6 Å². The third kappa shape index (κ3) is 3.27. The Kier molecular flexibility index (Phi) is 4.09. The fourth-order valence-electron chi connectivity index (χ4n) is 1.85. The van der Waals surface area contributed by atoms with E-state index in [1.807, 2.05) is 12.1 Å². The molecule has 1 unspecified atom stereocenters. The standard InChI is InChI=1S/C13H19N3O3/c1-3-9(2)14-11-5-4-10-8-16(13(17)18)6-7-19-12(10)15-11/h4-5,9H,3,6-8H2,1-2H3,(H,14,15)(H,17,18). The highest BCUT2D eigenvalue weighted by Gasteiger charge is 2.20. The summed E-state index contributed by atoms with van der Waals surface area (Å²) in [4.78, 5) is 16.7. The average Bonchev–Trinajstić information content (AvgIpc) is 2.60. The predicted molar refractivity (Wildman–Crippen MR) is 71.5 cm³/mol. The van der Waals surface area contributed by atoms with Crippen LogP contribution in [-0.4, -0.2) is 40.3 Å². The zero-order valence-corrected chi connectivity index (χ0v) is 11.2. The number of nitrogens with zero attached hydrogens (tertiary/aromatic N) is 2. The molecule has 2 heterocycles. The summed E-state index contributed by atoms with van der Waals surface area (Å²) < 4.78 is 5.53. The first-order chi connectivity index (χ1) is 9.10. The third-order valence-electron chi connectivity index (χ3n) is 3.18. The Morgan fingerprint density at radius 3 is 3.11 bits per heavy atom. The molecule has 1 aliphatic heterocycles. The maximum Gasteiger partial charge on any atom is 0.407 e. The van der Waals surface area contributed by atoms with E-state index in [4.69, 9.17) is 9.84 Å². The lowest BCUT2D eigenvalue weighted by atomic mass is 10.2. The Bertz CT molecular complexity index is 464. The lowest BCUT2D eigenvalue weighted by molar-refractivity contribution is 0.137. The van der Waals surface area contributed by atoms with E-state index in [1.165, 1.54) is 4.90 Å². The number of hydrogen-bond acceptors (Lipinski definition) is 4. The smallest absolute Gasteiger partial charge is 0.407 e. The molecule has 6 nitrogen and oxygen atoms in total. The molecular weight excluding hydrogens is 246 g/mol. The molecule has 0 radical (unpaired) electrons. The van der Waals surface area contributed by atoms with Gasteiger partial charge in [0.1, 0.15) is 12.4 Å². The second-order valence-corrected chi connectivity index (χ2v) is 4.67. The SMILES string of the molecule is CCC(C)Nc1ccc2c(n1)OCCN(C(=O)O)C2. The molecule has 0 fully saturated rings. The van der Waals surface area contributed by atoms with Crippen molar-refractivity contribution in [1.82, 2.24) is 9.88 Å². The molecule has 1 aliphatic rings. The van der Waals surface area contributed by atoms with Crippen molar-refractivity contribution in [2.75, 3.05) is 18.5 Å². The van der Waals surface area contributed by atoms with E-state index in [1.54, 1.807) is 0 Å². The molecule has 6 heteroatoms. The molecule has 0 aliphatic carbocycles. The average molecular weight is 265 g/mol. The Hall–Kier alpha value is -1.98. The zero-order valence-electron chi connectivity index (χ0n) is 11.2. The normalized spacial score (nSPS) is 16.0. The number of amides is 1. The molecule has 19 heavy (non-hydrogen) atoms. The molecule has 0 saturated heterocycles. The van der Waals surface area contributed by atoms with Gasteiger partial charge in [0.25, 0.3) is 0 Å². The summed E-state index contributed by atoms with van der Waals surface area (Å²) in [5.74, 6) is 1.29. The van der Waals surface area contributed by atoms with E-state index in [9.17, 15) is 4.79 Å². The van der Waals surface area contributed by atoms with Gasteiger partial charge in [0.15, 0.2) is 0 Å². The topological polar surface area (TPSA) is 74.7 Å². The van der Waals surface area contributed by atoms with Gasteiger partial charge < -0.3 is 20.1 Å². The Morgan fingerprint density at radius 2 is 2.42 bits per heavy atom. The number of aromatic nitrogens is 1. The van der Waals surface area contributed by atoms with E-state index in [0.717, 1.165) is 17.8 Å². The van der Waals surface area contributed by atoms with E-state index in [2.05, 4.69) is 24.1 Å². The molecule has 1 amide bonds. The number of hydrogen-bond donors (Lipinski definition) is 2.